The summed E-state index contributed by atoms with van der Waals surface area (Å²) in [6.45, 7) is 2.85. The maximum Gasteiger partial charge on any atom is 0.321 e. The Morgan fingerprint density at radius 1 is 1.28 bits per heavy atom. The van der Waals surface area contributed by atoms with Gasteiger partial charge in [0.1, 0.15) is 0 Å². The fraction of sp³-hybridized carbons (Fsp3) is 0.462. The van der Waals surface area contributed by atoms with Crippen LogP contribution in [0.15, 0.2) is 18.2 Å². The molecule has 0 saturated heterocycles. The molecule has 0 fully saturated rings. The van der Waals surface area contributed by atoms with Crippen LogP contribution in [0.5, 0.6) is 0 Å². The fourth-order valence-corrected chi connectivity index (χ4v) is 2.01. The summed E-state index contributed by atoms with van der Waals surface area (Å²) in [5.74, 6) is 0. The highest BCUT2D eigenvalue weighted by Crippen LogP contribution is 2.29. The molecule has 0 aliphatic rings. The summed E-state index contributed by atoms with van der Waals surface area (Å²) in [5.41, 5.74) is 0.466. The van der Waals surface area contributed by atoms with Crippen molar-refractivity contribution in [2.75, 3.05) is 18.9 Å². The second kappa shape index (κ2) is 7.49. The monoisotopic (exact) mass is 288 g/mol. The van der Waals surface area contributed by atoms with Gasteiger partial charge in [0.05, 0.1) is 15.7 Å². The van der Waals surface area contributed by atoms with Gasteiger partial charge in [-0.1, -0.05) is 49.0 Å². The van der Waals surface area contributed by atoms with E-state index in [0.717, 1.165) is 25.8 Å². The van der Waals surface area contributed by atoms with E-state index in [1.165, 1.54) is 0 Å². The molecule has 0 heterocycles. The number of nitrogens with one attached hydrogen (secondary N) is 1. The van der Waals surface area contributed by atoms with E-state index in [4.69, 9.17) is 23.2 Å². The van der Waals surface area contributed by atoms with Gasteiger partial charge in [-0.25, -0.2) is 4.79 Å². The number of halogens is 2. The van der Waals surface area contributed by atoms with Crippen LogP contribution in [0.3, 0.4) is 0 Å². The first-order valence-corrected chi connectivity index (χ1v) is 6.78. The topological polar surface area (TPSA) is 32.3 Å². The largest absolute Gasteiger partial charge is 0.328 e. The number of hydrogen-bond acceptors (Lipinski definition) is 1. The maximum absolute atomic E-state index is 11.9. The number of nitrogens with zero attached hydrogens (tertiary/aromatic N) is 1. The van der Waals surface area contributed by atoms with E-state index < -0.39 is 0 Å². The molecule has 1 aromatic rings. The van der Waals surface area contributed by atoms with Gasteiger partial charge in [-0.15, -0.1) is 0 Å². The third kappa shape index (κ3) is 4.39. The van der Waals surface area contributed by atoms with Gasteiger partial charge in [0.25, 0.3) is 0 Å². The number of benzene rings is 1. The van der Waals surface area contributed by atoms with Crippen LogP contribution in [0.4, 0.5) is 10.5 Å². The summed E-state index contributed by atoms with van der Waals surface area (Å²) < 4.78 is 0. The summed E-state index contributed by atoms with van der Waals surface area (Å²) in [5, 5.41) is 3.61. The predicted octanol–water partition coefficient (Wildman–Crippen LogP) is 4.65. The van der Waals surface area contributed by atoms with Crippen molar-refractivity contribution < 1.29 is 4.79 Å². The lowest BCUT2D eigenvalue weighted by Crippen LogP contribution is -2.32. The minimum absolute atomic E-state index is 0.193. The Morgan fingerprint density at radius 2 is 1.89 bits per heavy atom. The average Bonchev–Trinajstić information content (AvgIpc) is 2.34. The number of unbranched alkanes of at least 4 members (excludes halogenated alkanes) is 2. The number of hydrogen-bond donors (Lipinski definition) is 1. The molecule has 1 N–H and O–H groups in total. The van der Waals surface area contributed by atoms with Gasteiger partial charge in [0, 0.05) is 13.6 Å². The molecule has 18 heavy (non-hydrogen) atoms. The van der Waals surface area contributed by atoms with E-state index in [-0.39, 0.29) is 6.03 Å². The Balaban J connectivity index is 2.58. The van der Waals surface area contributed by atoms with Crippen molar-refractivity contribution in [2.24, 2.45) is 0 Å². The van der Waals surface area contributed by atoms with Crippen molar-refractivity contribution in [3.8, 4) is 0 Å². The lowest BCUT2D eigenvalue weighted by atomic mass is 10.2. The van der Waals surface area contributed by atoms with E-state index in [2.05, 4.69) is 12.2 Å². The molecular formula is C13H18Cl2N2O. The van der Waals surface area contributed by atoms with Crippen molar-refractivity contribution in [2.45, 2.75) is 26.2 Å². The standard InChI is InChI=1S/C13H18Cl2N2O/c1-3-4-5-9-17(2)13(18)16-12-10(14)7-6-8-11(12)15/h6-8H,3-5,9H2,1-2H3,(H,16,18). The Hall–Kier alpha value is -0.930. The summed E-state index contributed by atoms with van der Waals surface area (Å²) >= 11 is 12.0. The maximum atomic E-state index is 11.9. The first-order chi connectivity index (χ1) is 8.56. The van der Waals surface area contributed by atoms with Crippen molar-refractivity contribution in [3.05, 3.63) is 28.2 Å². The van der Waals surface area contributed by atoms with E-state index in [1.807, 2.05) is 0 Å². The molecule has 0 aromatic heterocycles. The smallest absolute Gasteiger partial charge is 0.321 e. The van der Waals surface area contributed by atoms with Crippen LogP contribution in [0, 0.1) is 0 Å². The Labute approximate surface area is 118 Å². The van der Waals surface area contributed by atoms with Gasteiger partial charge >= 0.3 is 6.03 Å². The zero-order chi connectivity index (χ0) is 13.5. The highest BCUT2D eigenvalue weighted by atomic mass is 35.5. The number of urea groups is 1. The lowest BCUT2D eigenvalue weighted by molar-refractivity contribution is 0.221. The molecule has 0 radical (unpaired) electrons. The molecule has 0 saturated carbocycles. The average molecular weight is 289 g/mol. The normalized spacial score (nSPS) is 10.2. The van der Waals surface area contributed by atoms with Crippen molar-refractivity contribution in [1.29, 1.82) is 0 Å². The van der Waals surface area contributed by atoms with E-state index in [1.54, 1.807) is 30.1 Å². The Morgan fingerprint density at radius 3 is 2.44 bits per heavy atom. The number of carbonyl (C=O) groups is 1. The lowest BCUT2D eigenvalue weighted by Gasteiger charge is -2.18. The zero-order valence-electron chi connectivity index (χ0n) is 10.7. The Kier molecular flexibility index (Phi) is 6.30. The van der Waals surface area contributed by atoms with Gasteiger partial charge in [-0.2, -0.15) is 0 Å². The van der Waals surface area contributed by atoms with E-state index >= 15 is 0 Å². The van der Waals surface area contributed by atoms with Crippen LogP contribution in [-0.4, -0.2) is 24.5 Å². The highest BCUT2D eigenvalue weighted by molar-refractivity contribution is 6.39. The number of carbonyl (C=O) groups excluding carboxylic acids is 1. The molecule has 100 valence electrons. The van der Waals surface area contributed by atoms with Crippen LogP contribution in [0.1, 0.15) is 26.2 Å². The number of amides is 2. The predicted molar refractivity (Wildman–Crippen MR) is 77.6 cm³/mol. The summed E-state index contributed by atoms with van der Waals surface area (Å²) in [4.78, 5) is 13.5. The first-order valence-electron chi connectivity index (χ1n) is 6.02. The quantitative estimate of drug-likeness (QED) is 0.786. The summed E-state index contributed by atoms with van der Waals surface area (Å²) in [6.07, 6.45) is 3.24. The second-order valence-electron chi connectivity index (χ2n) is 4.16. The SMILES string of the molecule is CCCCCN(C)C(=O)Nc1c(Cl)cccc1Cl. The fourth-order valence-electron chi connectivity index (χ4n) is 1.52. The number of anilines is 1. The minimum atomic E-state index is -0.193. The molecule has 0 aliphatic carbocycles. The molecule has 0 unspecified atom stereocenters. The minimum Gasteiger partial charge on any atom is -0.328 e. The molecule has 0 bridgehead atoms. The van der Waals surface area contributed by atoms with Crippen LogP contribution < -0.4 is 5.32 Å². The number of para-hydroxylation sites is 1. The van der Waals surface area contributed by atoms with Gasteiger partial charge in [-0.05, 0) is 18.6 Å². The molecule has 1 aromatic carbocycles. The molecular weight excluding hydrogens is 271 g/mol. The third-order valence-corrected chi connectivity index (χ3v) is 3.27. The van der Waals surface area contributed by atoms with E-state index in [9.17, 15) is 4.79 Å². The van der Waals surface area contributed by atoms with Crippen molar-refractivity contribution in [1.82, 2.24) is 4.90 Å². The van der Waals surface area contributed by atoms with Gasteiger partial charge < -0.3 is 10.2 Å². The van der Waals surface area contributed by atoms with Crippen LogP contribution in [0.2, 0.25) is 10.0 Å². The molecule has 5 heteroatoms. The third-order valence-electron chi connectivity index (χ3n) is 2.64. The molecule has 2 amide bonds. The molecule has 0 aliphatic heterocycles. The van der Waals surface area contributed by atoms with Gasteiger partial charge in [0.2, 0.25) is 0 Å². The highest BCUT2D eigenvalue weighted by Gasteiger charge is 2.12. The second-order valence-corrected chi connectivity index (χ2v) is 4.97. The molecule has 0 spiro atoms. The summed E-state index contributed by atoms with van der Waals surface area (Å²) in [7, 11) is 1.76. The zero-order valence-corrected chi connectivity index (χ0v) is 12.2. The number of rotatable bonds is 5. The van der Waals surface area contributed by atoms with Crippen molar-refractivity contribution in [3.63, 3.8) is 0 Å². The first kappa shape index (κ1) is 15.1. The van der Waals surface area contributed by atoms with Crippen LogP contribution >= 0.6 is 23.2 Å². The molecule has 0 atom stereocenters. The van der Waals surface area contributed by atoms with Crippen molar-refractivity contribution >= 4 is 34.9 Å². The molecule has 1 rings (SSSR count). The van der Waals surface area contributed by atoms with Crippen LogP contribution in [-0.2, 0) is 0 Å². The van der Waals surface area contributed by atoms with E-state index in [0.29, 0.717) is 15.7 Å². The van der Waals surface area contributed by atoms with Gasteiger partial charge in [-0.3, -0.25) is 0 Å². The van der Waals surface area contributed by atoms with Gasteiger partial charge in [0.15, 0.2) is 0 Å². The molecule has 3 nitrogen and oxygen atoms in total. The summed E-state index contributed by atoms with van der Waals surface area (Å²) in [6, 6.07) is 4.94. The van der Waals surface area contributed by atoms with Crippen LogP contribution in [0.25, 0.3) is 0 Å². The Bertz CT molecular complexity index is 390.